The normalized spacial score (nSPS) is 10.6. The van der Waals surface area contributed by atoms with Crippen LogP contribution in [0.3, 0.4) is 0 Å². The molecule has 0 amide bonds. The van der Waals surface area contributed by atoms with Crippen LogP contribution in [0.5, 0.6) is 0 Å². The van der Waals surface area contributed by atoms with Gasteiger partial charge >= 0.3 is 0 Å². The van der Waals surface area contributed by atoms with Crippen molar-refractivity contribution in [3.05, 3.63) is 30.3 Å². The van der Waals surface area contributed by atoms with E-state index in [-0.39, 0.29) is 0 Å². The summed E-state index contributed by atoms with van der Waals surface area (Å²) < 4.78 is 1.75. The van der Waals surface area contributed by atoms with Gasteiger partial charge in [-0.3, -0.25) is 0 Å². The smallest absolute Gasteiger partial charge is 0.250 e. The van der Waals surface area contributed by atoms with Crippen LogP contribution in [0.15, 0.2) is 30.3 Å². The molecule has 102 valence electrons. The molecule has 2 rings (SSSR count). The second-order valence-corrected chi connectivity index (χ2v) is 4.63. The molecule has 0 aliphatic carbocycles. The van der Waals surface area contributed by atoms with Gasteiger partial charge in [0.05, 0.1) is 5.69 Å². The number of rotatable bonds is 7. The van der Waals surface area contributed by atoms with Gasteiger partial charge in [-0.1, -0.05) is 36.6 Å². The summed E-state index contributed by atoms with van der Waals surface area (Å²) in [6, 6.07) is 9.88. The highest BCUT2D eigenvalue weighted by molar-refractivity contribution is 6.18. The predicted molar refractivity (Wildman–Crippen MR) is 77.0 cm³/mol. The number of hydrogen-bond donors (Lipinski definition) is 0. The van der Waals surface area contributed by atoms with Gasteiger partial charge in [-0.05, 0) is 29.0 Å². The second kappa shape index (κ2) is 7.09. The number of anilines is 1. The number of nitrogens with zero attached hydrogens (tertiary/aromatic N) is 5. The van der Waals surface area contributed by atoms with E-state index >= 15 is 0 Å². The van der Waals surface area contributed by atoms with Crippen molar-refractivity contribution in [2.24, 2.45) is 0 Å². The van der Waals surface area contributed by atoms with Crippen LogP contribution in [0.1, 0.15) is 19.8 Å². The van der Waals surface area contributed by atoms with Gasteiger partial charge in [0, 0.05) is 19.0 Å². The Balaban J connectivity index is 2.26. The Morgan fingerprint density at radius 1 is 1.21 bits per heavy atom. The van der Waals surface area contributed by atoms with Crippen LogP contribution in [-0.4, -0.2) is 39.2 Å². The van der Waals surface area contributed by atoms with Crippen molar-refractivity contribution in [1.82, 2.24) is 20.2 Å². The van der Waals surface area contributed by atoms with Crippen LogP contribution in [0.25, 0.3) is 5.69 Å². The van der Waals surface area contributed by atoms with E-state index in [1.54, 1.807) is 4.68 Å². The molecule has 0 fully saturated rings. The molecular formula is C13H18ClN5. The molecular weight excluding hydrogens is 262 g/mol. The summed E-state index contributed by atoms with van der Waals surface area (Å²) in [6.07, 6.45) is 2.23. The molecule has 0 atom stereocenters. The van der Waals surface area contributed by atoms with Crippen LogP contribution in [0.4, 0.5) is 5.95 Å². The predicted octanol–water partition coefficient (Wildman–Crippen LogP) is 2.51. The highest BCUT2D eigenvalue weighted by Crippen LogP contribution is 2.15. The Hall–Kier alpha value is -1.62. The fraction of sp³-hybridized carbons (Fsp3) is 0.462. The lowest BCUT2D eigenvalue weighted by molar-refractivity contribution is 0.699. The van der Waals surface area contributed by atoms with Gasteiger partial charge in [-0.2, -0.15) is 4.68 Å². The molecule has 1 aromatic heterocycles. The fourth-order valence-electron chi connectivity index (χ4n) is 1.88. The highest BCUT2D eigenvalue weighted by atomic mass is 35.5. The molecule has 0 radical (unpaired) electrons. The highest BCUT2D eigenvalue weighted by Gasteiger charge is 2.15. The molecule has 1 aromatic carbocycles. The Morgan fingerprint density at radius 2 is 2.00 bits per heavy atom. The molecule has 0 N–H and O–H groups in total. The Kier molecular flexibility index (Phi) is 5.15. The summed E-state index contributed by atoms with van der Waals surface area (Å²) in [5, 5.41) is 12.0. The third kappa shape index (κ3) is 3.44. The third-order valence-corrected chi connectivity index (χ3v) is 3.04. The molecule has 0 bridgehead atoms. The SMILES string of the molecule is CCCCN(CCCl)c1nnnn1-c1ccccc1. The van der Waals surface area contributed by atoms with Crippen LogP contribution in [0, 0.1) is 0 Å². The summed E-state index contributed by atoms with van der Waals surface area (Å²) >= 11 is 5.87. The average Bonchev–Trinajstić information content (AvgIpc) is 2.93. The number of alkyl halides is 1. The van der Waals surface area contributed by atoms with Crippen LogP contribution >= 0.6 is 11.6 Å². The van der Waals surface area contributed by atoms with Gasteiger partial charge in [0.15, 0.2) is 0 Å². The number of aromatic nitrogens is 4. The lowest BCUT2D eigenvalue weighted by Gasteiger charge is -2.21. The summed E-state index contributed by atoms with van der Waals surface area (Å²) in [6.45, 7) is 3.82. The van der Waals surface area contributed by atoms with Crippen LogP contribution in [0.2, 0.25) is 0 Å². The number of para-hydroxylation sites is 1. The Morgan fingerprint density at radius 3 is 2.68 bits per heavy atom. The minimum atomic E-state index is 0.561. The van der Waals surface area contributed by atoms with Gasteiger partial charge in [-0.25, -0.2) is 0 Å². The molecule has 6 heteroatoms. The first kappa shape index (κ1) is 13.8. The largest absolute Gasteiger partial charge is 0.338 e. The molecule has 2 aromatic rings. The number of unbranched alkanes of at least 4 members (excludes halogenated alkanes) is 1. The molecule has 0 aliphatic rings. The van der Waals surface area contributed by atoms with Crippen LogP contribution < -0.4 is 4.90 Å². The number of benzene rings is 1. The minimum Gasteiger partial charge on any atom is -0.338 e. The standard InChI is InChI=1S/C13H18ClN5/c1-2-3-10-18(11-9-14)13-15-16-17-19(13)12-7-5-4-6-8-12/h4-8H,2-3,9-11H2,1H3. The second-order valence-electron chi connectivity index (χ2n) is 4.26. The molecule has 19 heavy (non-hydrogen) atoms. The van der Waals surface area contributed by atoms with Crippen molar-refractivity contribution >= 4 is 17.5 Å². The van der Waals surface area contributed by atoms with E-state index in [1.165, 1.54) is 0 Å². The molecule has 0 unspecified atom stereocenters. The maximum absolute atomic E-state index is 5.87. The quantitative estimate of drug-likeness (QED) is 0.731. The van der Waals surface area contributed by atoms with Crippen molar-refractivity contribution in [3.63, 3.8) is 0 Å². The van der Waals surface area contributed by atoms with Crippen molar-refractivity contribution < 1.29 is 0 Å². The topological polar surface area (TPSA) is 46.8 Å². The van der Waals surface area contributed by atoms with E-state index in [0.717, 1.165) is 37.6 Å². The monoisotopic (exact) mass is 279 g/mol. The van der Waals surface area contributed by atoms with Crippen molar-refractivity contribution in [3.8, 4) is 5.69 Å². The average molecular weight is 280 g/mol. The maximum atomic E-state index is 5.87. The summed E-state index contributed by atoms with van der Waals surface area (Å²) in [7, 11) is 0. The van der Waals surface area contributed by atoms with Gasteiger partial charge < -0.3 is 4.90 Å². The molecule has 0 saturated carbocycles. The van der Waals surface area contributed by atoms with Gasteiger partial charge in [0.1, 0.15) is 0 Å². The first-order valence-corrected chi connectivity index (χ1v) is 7.05. The Labute approximate surface area is 118 Å². The first-order valence-electron chi connectivity index (χ1n) is 6.51. The third-order valence-electron chi connectivity index (χ3n) is 2.87. The summed E-state index contributed by atoms with van der Waals surface area (Å²) in [5.74, 6) is 1.31. The fourth-order valence-corrected chi connectivity index (χ4v) is 2.08. The number of tetrazole rings is 1. The first-order chi connectivity index (χ1) is 9.36. The van der Waals surface area contributed by atoms with E-state index in [0.29, 0.717) is 5.88 Å². The van der Waals surface area contributed by atoms with Gasteiger partial charge in [-0.15, -0.1) is 11.6 Å². The number of hydrogen-bond acceptors (Lipinski definition) is 4. The zero-order valence-corrected chi connectivity index (χ0v) is 11.8. The molecule has 0 saturated heterocycles. The van der Waals surface area contributed by atoms with Gasteiger partial charge in [0.2, 0.25) is 5.95 Å². The summed E-state index contributed by atoms with van der Waals surface area (Å²) in [5.41, 5.74) is 0.957. The lowest BCUT2D eigenvalue weighted by Crippen LogP contribution is -2.29. The molecule has 0 aliphatic heterocycles. The Bertz CT molecular complexity index is 485. The minimum absolute atomic E-state index is 0.561. The van der Waals surface area contributed by atoms with E-state index in [9.17, 15) is 0 Å². The summed E-state index contributed by atoms with van der Waals surface area (Å²) in [4.78, 5) is 2.13. The maximum Gasteiger partial charge on any atom is 0.250 e. The van der Waals surface area contributed by atoms with E-state index in [2.05, 4.69) is 27.3 Å². The lowest BCUT2D eigenvalue weighted by atomic mass is 10.3. The van der Waals surface area contributed by atoms with E-state index in [4.69, 9.17) is 11.6 Å². The van der Waals surface area contributed by atoms with Crippen molar-refractivity contribution in [2.45, 2.75) is 19.8 Å². The van der Waals surface area contributed by atoms with Gasteiger partial charge in [0.25, 0.3) is 0 Å². The van der Waals surface area contributed by atoms with Crippen LogP contribution in [-0.2, 0) is 0 Å². The van der Waals surface area contributed by atoms with Crippen molar-refractivity contribution in [1.29, 1.82) is 0 Å². The molecule has 1 heterocycles. The number of halogens is 1. The molecule has 0 spiro atoms. The van der Waals surface area contributed by atoms with Crippen molar-refractivity contribution in [2.75, 3.05) is 23.9 Å². The van der Waals surface area contributed by atoms with E-state index in [1.807, 2.05) is 30.3 Å². The van der Waals surface area contributed by atoms with E-state index < -0.39 is 0 Å². The zero-order chi connectivity index (χ0) is 13.5. The zero-order valence-electron chi connectivity index (χ0n) is 11.0. The molecule has 5 nitrogen and oxygen atoms in total.